The average molecular weight is 710 g/mol. The van der Waals surface area contributed by atoms with Gasteiger partial charge in [-0.1, -0.05) is 39.3 Å². The molecule has 5 N–H and O–H groups in total. The summed E-state index contributed by atoms with van der Waals surface area (Å²) < 4.78 is 5.34. The number of carbonyl (C=O) groups is 2. The number of allylic oxidation sites excluding steroid dienone is 2. The Labute approximate surface area is 302 Å². The molecular formula is C40H59N3O8. The van der Waals surface area contributed by atoms with Crippen molar-refractivity contribution in [3.8, 4) is 0 Å². The highest BCUT2D eigenvalue weighted by molar-refractivity contribution is 5.85. The molecule has 0 aliphatic heterocycles. The van der Waals surface area contributed by atoms with Crippen LogP contribution >= 0.6 is 0 Å². The van der Waals surface area contributed by atoms with Gasteiger partial charge in [0, 0.05) is 36.3 Å². The maximum atomic E-state index is 14.5. The van der Waals surface area contributed by atoms with Crippen LogP contribution < -0.4 is 10.6 Å². The lowest BCUT2D eigenvalue weighted by molar-refractivity contribution is -0.384. The summed E-state index contributed by atoms with van der Waals surface area (Å²) in [7, 11) is 1.44. The molecule has 0 radical (unpaired) electrons. The van der Waals surface area contributed by atoms with E-state index >= 15 is 0 Å². The molecule has 1 amide bonds. The largest absolute Gasteiger partial charge is 0.469 e. The number of nitro groups is 1. The Morgan fingerprint density at radius 1 is 0.961 bits per heavy atom. The first-order valence-electron chi connectivity index (χ1n) is 19.0. The molecule has 51 heavy (non-hydrogen) atoms. The third-order valence-corrected chi connectivity index (χ3v) is 15.7. The Kier molecular flexibility index (Phi) is 9.71. The smallest absolute Gasteiger partial charge is 0.311 e. The lowest BCUT2D eigenvalue weighted by atomic mass is 9.33. The maximum Gasteiger partial charge on any atom is 0.311 e. The minimum atomic E-state index is -0.972. The number of non-ortho nitro benzene ring substituents is 1. The number of fused-ring (bicyclic) bond motifs is 7. The van der Waals surface area contributed by atoms with Crippen LogP contribution in [0.2, 0.25) is 0 Å². The van der Waals surface area contributed by atoms with Crippen molar-refractivity contribution in [2.75, 3.05) is 32.1 Å². The van der Waals surface area contributed by atoms with Gasteiger partial charge in [0.1, 0.15) is 0 Å². The molecule has 0 bridgehead atoms. The number of hydrogen-bond donors (Lipinski definition) is 5. The summed E-state index contributed by atoms with van der Waals surface area (Å²) in [5.74, 6) is -0.0371. The first-order chi connectivity index (χ1) is 24.0. The number of nitro benzene ring substituents is 1. The minimum Gasteiger partial charge on any atom is -0.469 e. The van der Waals surface area contributed by atoms with Gasteiger partial charge in [-0.05, 0) is 117 Å². The van der Waals surface area contributed by atoms with Crippen LogP contribution in [0.1, 0.15) is 98.8 Å². The highest BCUT2D eigenvalue weighted by atomic mass is 16.6. The zero-order valence-electron chi connectivity index (χ0n) is 31.3. The van der Waals surface area contributed by atoms with Crippen LogP contribution in [0.15, 0.2) is 35.9 Å². The maximum absolute atomic E-state index is 14.5. The second-order valence-corrected chi connectivity index (χ2v) is 18.0. The molecule has 6 rings (SSSR count). The molecule has 282 valence electrons. The minimum absolute atomic E-state index is 0.0396. The number of rotatable bonds is 9. The average Bonchev–Trinajstić information content (AvgIpc) is 3.10. The lowest BCUT2D eigenvalue weighted by Crippen LogP contribution is -2.68. The highest BCUT2D eigenvalue weighted by Gasteiger charge is 2.71. The number of ether oxygens (including phenoxy) is 1. The van der Waals surface area contributed by atoms with Gasteiger partial charge in [-0.15, -0.1) is 0 Å². The number of esters is 1. The molecule has 5 aliphatic carbocycles. The second kappa shape index (κ2) is 13.1. The van der Waals surface area contributed by atoms with E-state index in [2.05, 4.69) is 37.5 Å². The van der Waals surface area contributed by atoms with Crippen LogP contribution in [0.5, 0.6) is 0 Å². The molecule has 4 fully saturated rings. The summed E-state index contributed by atoms with van der Waals surface area (Å²) in [6.45, 7) is 11.9. The van der Waals surface area contributed by atoms with Gasteiger partial charge in [-0.25, -0.2) is 0 Å². The quantitative estimate of drug-likeness (QED) is 0.0702. The number of aliphatic hydroxyl groups excluding tert-OH is 3. The van der Waals surface area contributed by atoms with E-state index in [0.29, 0.717) is 51.6 Å². The van der Waals surface area contributed by atoms with Gasteiger partial charge in [0.05, 0.1) is 41.7 Å². The van der Waals surface area contributed by atoms with E-state index in [1.807, 2.05) is 13.8 Å². The zero-order chi connectivity index (χ0) is 37.2. The zero-order valence-corrected chi connectivity index (χ0v) is 31.3. The molecule has 1 aromatic carbocycles. The van der Waals surface area contributed by atoms with Gasteiger partial charge in [0.25, 0.3) is 5.69 Å². The van der Waals surface area contributed by atoms with Crippen LogP contribution in [-0.4, -0.2) is 71.1 Å². The summed E-state index contributed by atoms with van der Waals surface area (Å²) >= 11 is 0. The highest BCUT2D eigenvalue weighted by Crippen LogP contribution is 2.75. The lowest BCUT2D eigenvalue weighted by Gasteiger charge is -2.71. The van der Waals surface area contributed by atoms with Gasteiger partial charge in [-0.2, -0.15) is 0 Å². The molecule has 0 heterocycles. The van der Waals surface area contributed by atoms with E-state index in [9.17, 15) is 35.0 Å². The number of anilines is 1. The van der Waals surface area contributed by atoms with Crippen LogP contribution in [0, 0.1) is 60.4 Å². The normalized spacial score (nSPS) is 42.9. The Hall–Kier alpha value is -3.02. The Balaban J connectivity index is 1.26. The SMILES string of the molecule is COC(=O)[C@@]1(C)CC[C@]2(C(=O)NCCCNc3ccc([N+](=O)[O-])cc3)CC[C@]3(C)C(=CCC4[C@@]5(C)C[C@H](O)[C@H](O)[C@@](C)(CO)C5CC[C@]43C)C2C1. The Morgan fingerprint density at radius 2 is 1.65 bits per heavy atom. The third-order valence-electron chi connectivity index (χ3n) is 15.7. The molecule has 3 unspecified atom stereocenters. The molecule has 5 aliphatic rings. The molecule has 11 nitrogen and oxygen atoms in total. The van der Waals surface area contributed by atoms with E-state index in [1.54, 1.807) is 12.1 Å². The van der Waals surface area contributed by atoms with Crippen molar-refractivity contribution in [3.63, 3.8) is 0 Å². The number of aliphatic hydroxyl groups is 3. The Morgan fingerprint density at radius 3 is 2.29 bits per heavy atom. The number of nitrogens with zero attached hydrogens (tertiary/aromatic N) is 1. The molecular weight excluding hydrogens is 650 g/mol. The molecule has 1 aromatic rings. The number of hydrogen-bond acceptors (Lipinski definition) is 9. The van der Waals surface area contributed by atoms with E-state index in [0.717, 1.165) is 31.4 Å². The van der Waals surface area contributed by atoms with Gasteiger partial charge in [0.15, 0.2) is 0 Å². The third kappa shape index (κ3) is 5.63. The van der Waals surface area contributed by atoms with Gasteiger partial charge < -0.3 is 30.7 Å². The number of methoxy groups -OCH3 is 1. The number of carbonyl (C=O) groups excluding carboxylic acids is 2. The summed E-state index contributed by atoms with van der Waals surface area (Å²) in [6.07, 6.45) is 7.51. The molecule has 0 spiro atoms. The fraction of sp³-hybridized carbons (Fsp3) is 0.750. The van der Waals surface area contributed by atoms with E-state index in [1.165, 1.54) is 24.8 Å². The van der Waals surface area contributed by atoms with Crippen LogP contribution in [0.4, 0.5) is 11.4 Å². The Bertz CT molecular complexity index is 1570. The fourth-order valence-electron chi connectivity index (χ4n) is 12.5. The summed E-state index contributed by atoms with van der Waals surface area (Å²) in [4.78, 5) is 38.3. The van der Waals surface area contributed by atoms with E-state index in [4.69, 9.17) is 4.74 Å². The topological polar surface area (TPSA) is 171 Å². The molecule has 0 saturated heterocycles. The second-order valence-electron chi connectivity index (χ2n) is 18.0. The van der Waals surface area contributed by atoms with Crippen molar-refractivity contribution in [3.05, 3.63) is 46.0 Å². The van der Waals surface area contributed by atoms with E-state index in [-0.39, 0.29) is 58.2 Å². The number of amides is 1. The number of benzene rings is 1. The molecule has 11 heteroatoms. The molecule has 0 aromatic heterocycles. The van der Waals surface area contributed by atoms with Crippen molar-refractivity contribution in [2.24, 2.45) is 50.2 Å². The summed E-state index contributed by atoms with van der Waals surface area (Å²) in [5.41, 5.74) is -0.703. The summed E-state index contributed by atoms with van der Waals surface area (Å²) in [6, 6.07) is 6.30. The van der Waals surface area contributed by atoms with E-state index < -0.39 is 33.4 Å². The molecule has 4 saturated carbocycles. The van der Waals surface area contributed by atoms with Gasteiger partial charge in [-0.3, -0.25) is 19.7 Å². The fourth-order valence-corrected chi connectivity index (χ4v) is 12.5. The van der Waals surface area contributed by atoms with Gasteiger partial charge in [0.2, 0.25) is 5.91 Å². The van der Waals surface area contributed by atoms with Crippen molar-refractivity contribution >= 4 is 23.3 Å². The summed E-state index contributed by atoms with van der Waals surface area (Å²) in [5, 5.41) is 50.5. The van der Waals surface area contributed by atoms with Crippen LogP contribution in [0.25, 0.3) is 0 Å². The van der Waals surface area contributed by atoms with Crippen molar-refractivity contribution in [2.45, 2.75) is 111 Å². The van der Waals surface area contributed by atoms with Gasteiger partial charge >= 0.3 is 5.97 Å². The first-order valence-corrected chi connectivity index (χ1v) is 19.0. The number of nitrogens with one attached hydrogen (secondary N) is 2. The first kappa shape index (κ1) is 37.7. The monoisotopic (exact) mass is 709 g/mol. The predicted octanol–water partition coefficient (Wildman–Crippen LogP) is 5.77. The standard InChI is InChI=1S/C40H59N3O8/c1-35(34(48)51-6)16-18-40(33(47)42-21-7-20-41-25-8-10-26(11-9-25)43(49)50)19-17-38(4)27(28(40)22-35)12-13-31-36(2)23-29(45)32(46)37(3,24-44)30(36)14-15-39(31,38)5/h8-12,28-32,41,44-46H,7,13-24H2,1-6H3,(H,42,47)/t28?,29-,30?,31?,32-,35-,36-,37-,38+,39+,40-/m0/s1. The molecule has 11 atom stereocenters. The van der Waals surface area contributed by atoms with Crippen molar-refractivity contribution < 1.29 is 34.6 Å². The van der Waals surface area contributed by atoms with Crippen molar-refractivity contribution in [1.82, 2.24) is 5.32 Å². The van der Waals surface area contributed by atoms with Crippen LogP contribution in [0.3, 0.4) is 0 Å². The van der Waals surface area contributed by atoms with Crippen LogP contribution in [-0.2, 0) is 14.3 Å². The predicted molar refractivity (Wildman–Crippen MR) is 193 cm³/mol. The van der Waals surface area contributed by atoms with Crippen molar-refractivity contribution in [1.29, 1.82) is 0 Å².